The molecule has 2 aromatic carbocycles. The molecule has 4 nitrogen and oxygen atoms in total. The summed E-state index contributed by atoms with van der Waals surface area (Å²) in [5.41, 5.74) is 0.994. The molecule has 2 N–H and O–H groups in total. The minimum atomic E-state index is -1.57. The van der Waals surface area contributed by atoms with Crippen LogP contribution in [0.5, 0.6) is 11.5 Å². The molecule has 5 rings (SSSR count). The molecule has 1 aromatic heterocycles. The predicted molar refractivity (Wildman–Crippen MR) is 124 cm³/mol. The van der Waals surface area contributed by atoms with Gasteiger partial charge in [0.15, 0.2) is 0 Å². The molecular formula is C17H14As2O4S4. The van der Waals surface area contributed by atoms with E-state index in [0.29, 0.717) is 21.9 Å². The van der Waals surface area contributed by atoms with Gasteiger partial charge in [0.05, 0.1) is 0 Å². The van der Waals surface area contributed by atoms with E-state index < -0.39 is 24.7 Å². The Morgan fingerprint density at radius 3 is 1.56 bits per heavy atom. The Bertz CT molecular complexity index is 1020. The van der Waals surface area contributed by atoms with Gasteiger partial charge in [-0.2, -0.15) is 0 Å². The summed E-state index contributed by atoms with van der Waals surface area (Å²) in [5.74, 6) is 4.77. The van der Waals surface area contributed by atoms with Crippen LogP contribution in [-0.4, -0.2) is 57.9 Å². The summed E-state index contributed by atoms with van der Waals surface area (Å²) in [6.07, 6.45) is 0. The molecule has 0 bridgehead atoms. The van der Waals surface area contributed by atoms with E-state index >= 15 is 0 Å². The molecule has 2 aliphatic heterocycles. The Labute approximate surface area is 177 Å². The van der Waals surface area contributed by atoms with Crippen molar-refractivity contribution >= 4 is 95.4 Å². The van der Waals surface area contributed by atoms with E-state index in [4.69, 9.17) is 4.42 Å². The zero-order chi connectivity index (χ0) is 18.5. The van der Waals surface area contributed by atoms with Gasteiger partial charge in [0.2, 0.25) is 0 Å². The molecule has 3 aromatic rings. The average molecular weight is 560 g/mol. The third-order valence-corrected chi connectivity index (χ3v) is 31.5. The van der Waals surface area contributed by atoms with Crippen LogP contribution in [0.25, 0.3) is 21.9 Å². The molecule has 2 fully saturated rings. The molecule has 0 saturated carbocycles. The van der Waals surface area contributed by atoms with Crippen LogP contribution in [-0.2, 0) is 0 Å². The standard InChI is InChI=1S/C17H14As2O4S4/c20-11-3-1-9-15(22)10-2-4-12(21)14(19-26-7-8-27-19)17(10)23-16(9)13(11)18-24-5-6-25-18/h1-4,20-21H,5-8H2. The fourth-order valence-electron chi connectivity index (χ4n) is 3.10. The first kappa shape index (κ1) is 19.0. The van der Waals surface area contributed by atoms with Gasteiger partial charge in [-0.25, -0.2) is 0 Å². The van der Waals surface area contributed by atoms with Crippen LogP contribution in [0.2, 0.25) is 0 Å². The minimum absolute atomic E-state index is 0.0693. The van der Waals surface area contributed by atoms with Crippen molar-refractivity contribution in [3.63, 3.8) is 0 Å². The third-order valence-electron chi connectivity index (χ3n) is 4.28. The molecular weight excluding hydrogens is 546 g/mol. The van der Waals surface area contributed by atoms with Crippen LogP contribution in [0.15, 0.2) is 33.5 Å². The summed E-state index contributed by atoms with van der Waals surface area (Å²) >= 11 is -3.15. The SMILES string of the molecule is O=c1c2ccc(O)c([As]3SCCS3)c2oc2c([As]3SCCS3)c(O)ccc12. The summed E-state index contributed by atoms with van der Waals surface area (Å²) in [4.78, 5) is 13.2. The second-order valence-electron chi connectivity index (χ2n) is 5.90. The van der Waals surface area contributed by atoms with Gasteiger partial charge < -0.3 is 0 Å². The maximum absolute atomic E-state index is 13.2. The predicted octanol–water partition coefficient (Wildman–Crippen LogP) is 2.71. The van der Waals surface area contributed by atoms with E-state index in [0.717, 1.165) is 31.7 Å². The summed E-state index contributed by atoms with van der Waals surface area (Å²) in [5, 5.41) is 22.2. The van der Waals surface area contributed by atoms with Gasteiger partial charge in [-0.15, -0.1) is 0 Å². The van der Waals surface area contributed by atoms with E-state index in [9.17, 15) is 15.0 Å². The van der Waals surface area contributed by atoms with Crippen LogP contribution >= 0.6 is 40.1 Å². The number of benzene rings is 2. The Hall–Kier alpha value is 0.0269. The summed E-state index contributed by atoms with van der Waals surface area (Å²) in [6, 6.07) is 6.60. The molecule has 0 atom stereocenters. The van der Waals surface area contributed by atoms with E-state index in [1.165, 1.54) is 0 Å². The van der Waals surface area contributed by atoms with Crippen LogP contribution in [0.4, 0.5) is 0 Å². The Balaban J connectivity index is 1.87. The molecule has 2 saturated heterocycles. The molecule has 0 aliphatic carbocycles. The fraction of sp³-hybridized carbons (Fsp3) is 0.235. The quantitative estimate of drug-likeness (QED) is 0.367. The number of phenols is 2. The van der Waals surface area contributed by atoms with E-state index in [1.807, 2.05) is 40.1 Å². The number of phenolic OH excluding ortho intramolecular Hbond substituents is 2. The summed E-state index contributed by atoms with van der Waals surface area (Å²) < 4.78 is 8.06. The van der Waals surface area contributed by atoms with Crippen LogP contribution < -0.4 is 14.1 Å². The maximum atomic E-state index is 13.2. The molecule has 0 spiro atoms. The summed E-state index contributed by atoms with van der Waals surface area (Å²) in [6.45, 7) is 0. The number of rotatable bonds is 2. The fourth-order valence-corrected chi connectivity index (χ4v) is 32.7. The van der Waals surface area contributed by atoms with Crippen molar-refractivity contribution in [2.75, 3.05) is 23.0 Å². The molecule has 27 heavy (non-hydrogen) atoms. The summed E-state index contributed by atoms with van der Waals surface area (Å²) in [7, 11) is 7.63. The normalized spacial score (nSPS) is 18.8. The van der Waals surface area contributed by atoms with E-state index in [1.54, 1.807) is 24.3 Å². The van der Waals surface area contributed by atoms with E-state index in [2.05, 4.69) is 0 Å². The third kappa shape index (κ3) is 3.25. The van der Waals surface area contributed by atoms with Crippen molar-refractivity contribution in [3.8, 4) is 11.5 Å². The molecule has 0 amide bonds. The molecule has 2 aliphatic rings. The zero-order valence-corrected chi connectivity index (χ0v) is 20.9. The van der Waals surface area contributed by atoms with Gasteiger partial charge in [-0.05, 0) is 0 Å². The van der Waals surface area contributed by atoms with Crippen molar-refractivity contribution in [1.29, 1.82) is 0 Å². The monoisotopic (exact) mass is 560 g/mol. The van der Waals surface area contributed by atoms with Crippen LogP contribution in [0, 0.1) is 0 Å². The van der Waals surface area contributed by atoms with Gasteiger partial charge in [0.1, 0.15) is 0 Å². The van der Waals surface area contributed by atoms with Gasteiger partial charge in [0, 0.05) is 0 Å². The molecule has 10 heteroatoms. The first-order valence-corrected chi connectivity index (χ1v) is 23.1. The van der Waals surface area contributed by atoms with Crippen molar-refractivity contribution in [1.82, 2.24) is 0 Å². The van der Waals surface area contributed by atoms with Crippen molar-refractivity contribution in [2.45, 2.75) is 0 Å². The second-order valence-corrected chi connectivity index (χ2v) is 29.1. The van der Waals surface area contributed by atoms with Crippen molar-refractivity contribution in [2.24, 2.45) is 0 Å². The van der Waals surface area contributed by atoms with E-state index in [-0.39, 0.29) is 16.9 Å². The number of hydrogen-bond acceptors (Lipinski definition) is 8. The average Bonchev–Trinajstić information content (AvgIpc) is 3.35. The van der Waals surface area contributed by atoms with Crippen molar-refractivity contribution in [3.05, 3.63) is 34.5 Å². The van der Waals surface area contributed by atoms with Crippen LogP contribution in [0.1, 0.15) is 0 Å². The zero-order valence-electron chi connectivity index (χ0n) is 13.9. The molecule has 0 radical (unpaired) electrons. The molecule has 140 valence electrons. The Kier molecular flexibility index (Phi) is 5.42. The number of hydrogen-bond donors (Lipinski definition) is 2. The van der Waals surface area contributed by atoms with Gasteiger partial charge >= 0.3 is 179 Å². The van der Waals surface area contributed by atoms with Gasteiger partial charge in [-0.1, -0.05) is 0 Å². The topological polar surface area (TPSA) is 70.7 Å². The molecule has 3 heterocycles. The van der Waals surface area contributed by atoms with Crippen LogP contribution in [0.3, 0.4) is 0 Å². The Morgan fingerprint density at radius 2 is 1.15 bits per heavy atom. The number of fused-ring (bicyclic) bond motifs is 2. The first-order valence-electron chi connectivity index (χ1n) is 8.21. The first-order chi connectivity index (χ1) is 13.1. The molecule has 0 unspecified atom stereocenters. The van der Waals surface area contributed by atoms with Crippen molar-refractivity contribution < 1.29 is 14.6 Å². The second kappa shape index (κ2) is 7.70. The van der Waals surface area contributed by atoms with Gasteiger partial charge in [-0.3, -0.25) is 0 Å². The number of aromatic hydroxyl groups is 2. The van der Waals surface area contributed by atoms with Gasteiger partial charge in [0.25, 0.3) is 0 Å². The Morgan fingerprint density at radius 1 is 0.741 bits per heavy atom.